The minimum atomic E-state index is -0.246. The van der Waals surface area contributed by atoms with Crippen molar-refractivity contribution in [3.05, 3.63) is 65.0 Å². The number of hydrogen-bond acceptors (Lipinski definition) is 3. The predicted molar refractivity (Wildman–Crippen MR) is 120 cm³/mol. The third-order valence-electron chi connectivity index (χ3n) is 7.67. The second-order valence-corrected chi connectivity index (χ2v) is 9.99. The average Bonchev–Trinajstić information content (AvgIpc) is 2.73. The molecule has 1 heterocycles. The molecule has 4 aliphatic rings. The fourth-order valence-corrected chi connectivity index (χ4v) is 6.89. The molecule has 5 nitrogen and oxygen atoms in total. The van der Waals surface area contributed by atoms with Crippen molar-refractivity contribution in [2.75, 3.05) is 0 Å². The molecule has 2 aromatic carbocycles. The SMILES string of the molecule is O=C(Cn1nc(-c2cccc3ccccc23)ccc1=O)NC12CC3CC(CC(C3)C1)C2. The van der Waals surface area contributed by atoms with Gasteiger partial charge in [-0.2, -0.15) is 5.10 Å². The molecule has 1 N–H and O–H groups in total. The maximum atomic E-state index is 13.0. The number of aromatic nitrogens is 2. The molecule has 4 fully saturated rings. The zero-order chi connectivity index (χ0) is 21.0. The van der Waals surface area contributed by atoms with E-state index in [9.17, 15) is 9.59 Å². The van der Waals surface area contributed by atoms with Crippen molar-refractivity contribution in [3.8, 4) is 11.3 Å². The van der Waals surface area contributed by atoms with Crippen LogP contribution in [0.2, 0.25) is 0 Å². The average molecular weight is 414 g/mol. The van der Waals surface area contributed by atoms with E-state index in [0.29, 0.717) is 5.69 Å². The summed E-state index contributed by atoms with van der Waals surface area (Å²) in [6.45, 7) is -0.0286. The van der Waals surface area contributed by atoms with E-state index in [4.69, 9.17) is 0 Å². The smallest absolute Gasteiger partial charge is 0.267 e. The molecule has 158 valence electrons. The van der Waals surface area contributed by atoms with Crippen LogP contribution >= 0.6 is 0 Å². The lowest BCUT2D eigenvalue weighted by atomic mass is 9.53. The van der Waals surface area contributed by atoms with Gasteiger partial charge in [0.2, 0.25) is 5.91 Å². The van der Waals surface area contributed by atoms with E-state index in [-0.39, 0.29) is 23.6 Å². The molecular formula is C26H27N3O2. The van der Waals surface area contributed by atoms with Gasteiger partial charge < -0.3 is 5.32 Å². The van der Waals surface area contributed by atoms with Crippen molar-refractivity contribution in [1.29, 1.82) is 0 Å². The monoisotopic (exact) mass is 413 g/mol. The molecule has 4 saturated carbocycles. The first-order chi connectivity index (χ1) is 15.1. The van der Waals surface area contributed by atoms with Gasteiger partial charge in [0.25, 0.3) is 5.56 Å². The Hall–Kier alpha value is -2.95. The van der Waals surface area contributed by atoms with Gasteiger partial charge in [-0.15, -0.1) is 0 Å². The Bertz CT molecular complexity index is 1190. The summed E-state index contributed by atoms with van der Waals surface area (Å²) in [5, 5.41) is 10.1. The van der Waals surface area contributed by atoms with Crippen molar-refractivity contribution in [2.45, 2.75) is 50.6 Å². The first kappa shape index (κ1) is 18.8. The molecule has 0 unspecified atom stereocenters. The van der Waals surface area contributed by atoms with Gasteiger partial charge in [-0.1, -0.05) is 42.5 Å². The third-order valence-corrected chi connectivity index (χ3v) is 7.67. The molecule has 0 saturated heterocycles. The van der Waals surface area contributed by atoms with Crippen molar-refractivity contribution >= 4 is 16.7 Å². The molecule has 31 heavy (non-hydrogen) atoms. The van der Waals surface area contributed by atoms with E-state index in [0.717, 1.165) is 53.4 Å². The summed E-state index contributed by atoms with van der Waals surface area (Å²) in [6.07, 6.45) is 7.31. The summed E-state index contributed by atoms with van der Waals surface area (Å²) >= 11 is 0. The van der Waals surface area contributed by atoms with Gasteiger partial charge >= 0.3 is 0 Å². The quantitative estimate of drug-likeness (QED) is 0.699. The summed E-state index contributed by atoms with van der Waals surface area (Å²) in [5.41, 5.74) is 1.37. The van der Waals surface area contributed by atoms with Crippen LogP contribution in [-0.2, 0) is 11.3 Å². The van der Waals surface area contributed by atoms with E-state index < -0.39 is 0 Å². The number of fused-ring (bicyclic) bond motifs is 1. The summed E-state index contributed by atoms with van der Waals surface area (Å²) in [7, 11) is 0. The molecule has 4 bridgehead atoms. The number of amides is 1. The van der Waals surface area contributed by atoms with Gasteiger partial charge in [-0.05, 0) is 73.1 Å². The van der Waals surface area contributed by atoms with Gasteiger partial charge in [-0.25, -0.2) is 4.68 Å². The van der Waals surface area contributed by atoms with Crippen LogP contribution in [0.1, 0.15) is 38.5 Å². The van der Waals surface area contributed by atoms with Crippen LogP contribution in [0.25, 0.3) is 22.0 Å². The number of hydrogen-bond donors (Lipinski definition) is 1. The Morgan fingerprint density at radius 2 is 1.61 bits per heavy atom. The summed E-state index contributed by atoms with van der Waals surface area (Å²) < 4.78 is 1.31. The fourth-order valence-electron chi connectivity index (χ4n) is 6.89. The van der Waals surface area contributed by atoms with Crippen LogP contribution in [-0.4, -0.2) is 21.2 Å². The number of benzene rings is 2. The van der Waals surface area contributed by atoms with Gasteiger partial charge in [0, 0.05) is 17.2 Å². The second-order valence-electron chi connectivity index (χ2n) is 9.99. The van der Waals surface area contributed by atoms with Crippen LogP contribution in [0, 0.1) is 17.8 Å². The molecule has 0 radical (unpaired) electrons. The lowest BCUT2D eigenvalue weighted by Crippen LogP contribution is -2.60. The first-order valence-electron chi connectivity index (χ1n) is 11.4. The van der Waals surface area contributed by atoms with Crippen molar-refractivity contribution in [3.63, 3.8) is 0 Å². The molecule has 7 rings (SSSR count). The van der Waals surface area contributed by atoms with Gasteiger partial charge in [0.05, 0.1) is 5.69 Å². The van der Waals surface area contributed by atoms with Crippen molar-refractivity contribution in [2.24, 2.45) is 17.8 Å². The highest BCUT2D eigenvalue weighted by atomic mass is 16.2. The maximum absolute atomic E-state index is 13.0. The first-order valence-corrected chi connectivity index (χ1v) is 11.4. The lowest BCUT2D eigenvalue weighted by Gasteiger charge is -2.56. The van der Waals surface area contributed by atoms with Crippen LogP contribution < -0.4 is 10.9 Å². The summed E-state index contributed by atoms with van der Waals surface area (Å²) in [4.78, 5) is 25.5. The Labute approximate surface area is 181 Å². The Morgan fingerprint density at radius 3 is 2.35 bits per heavy atom. The molecule has 1 aromatic heterocycles. The highest BCUT2D eigenvalue weighted by Crippen LogP contribution is 2.55. The minimum Gasteiger partial charge on any atom is -0.349 e. The Kier molecular flexibility index (Phi) is 4.27. The lowest BCUT2D eigenvalue weighted by molar-refractivity contribution is -0.127. The molecular weight excluding hydrogens is 386 g/mol. The summed E-state index contributed by atoms with van der Waals surface area (Å²) in [5.74, 6) is 2.21. The van der Waals surface area contributed by atoms with Gasteiger partial charge in [0.1, 0.15) is 6.54 Å². The van der Waals surface area contributed by atoms with Crippen LogP contribution in [0.4, 0.5) is 0 Å². The highest BCUT2D eigenvalue weighted by molar-refractivity contribution is 5.95. The van der Waals surface area contributed by atoms with Crippen molar-refractivity contribution < 1.29 is 4.79 Å². The maximum Gasteiger partial charge on any atom is 0.267 e. The van der Waals surface area contributed by atoms with E-state index in [2.05, 4.69) is 28.6 Å². The topological polar surface area (TPSA) is 64.0 Å². The Balaban J connectivity index is 1.26. The largest absolute Gasteiger partial charge is 0.349 e. The van der Waals surface area contributed by atoms with E-state index >= 15 is 0 Å². The molecule has 1 amide bonds. The third kappa shape index (κ3) is 3.36. The van der Waals surface area contributed by atoms with Crippen LogP contribution in [0.15, 0.2) is 59.4 Å². The van der Waals surface area contributed by atoms with Gasteiger partial charge in [0.15, 0.2) is 0 Å². The van der Waals surface area contributed by atoms with Crippen LogP contribution in [0.3, 0.4) is 0 Å². The minimum absolute atomic E-state index is 0.0286. The van der Waals surface area contributed by atoms with E-state index in [1.54, 1.807) is 6.07 Å². The molecule has 4 aliphatic carbocycles. The second kappa shape index (κ2) is 7.04. The zero-order valence-corrected chi connectivity index (χ0v) is 17.6. The van der Waals surface area contributed by atoms with Gasteiger partial charge in [-0.3, -0.25) is 9.59 Å². The van der Waals surface area contributed by atoms with Crippen molar-refractivity contribution in [1.82, 2.24) is 15.1 Å². The molecule has 5 heteroatoms. The summed E-state index contributed by atoms with van der Waals surface area (Å²) in [6, 6.07) is 17.5. The number of carbonyl (C=O) groups excluding carboxylic acids is 1. The number of rotatable bonds is 4. The molecule has 3 aromatic rings. The number of nitrogens with zero attached hydrogens (tertiary/aromatic N) is 2. The Morgan fingerprint density at radius 1 is 0.935 bits per heavy atom. The highest BCUT2D eigenvalue weighted by Gasteiger charge is 2.51. The fraction of sp³-hybridized carbons (Fsp3) is 0.423. The zero-order valence-electron chi connectivity index (χ0n) is 17.6. The van der Waals surface area contributed by atoms with Crippen LogP contribution in [0.5, 0.6) is 0 Å². The normalized spacial score (nSPS) is 28.7. The molecule has 0 atom stereocenters. The van der Waals surface area contributed by atoms with E-state index in [1.807, 2.05) is 24.3 Å². The standard InChI is InChI=1S/C26H27N3O2/c30-24(27-26-13-17-10-18(14-26)12-19(11-17)15-26)16-29-25(31)9-8-23(28-29)22-7-3-5-20-4-1-2-6-21(20)22/h1-9,17-19H,10-16H2,(H,27,30). The predicted octanol–water partition coefficient (Wildman–Crippen LogP) is 4.15. The van der Waals surface area contributed by atoms with E-state index in [1.165, 1.54) is 30.0 Å². The number of carbonyl (C=O) groups is 1. The molecule has 0 spiro atoms. The number of nitrogens with one attached hydrogen (secondary N) is 1. The molecule has 0 aliphatic heterocycles.